The lowest BCUT2D eigenvalue weighted by atomic mass is 10.1. The molecule has 0 radical (unpaired) electrons. The zero-order valence-electron chi connectivity index (χ0n) is 15.0. The van der Waals surface area contributed by atoms with Gasteiger partial charge in [-0.2, -0.15) is 18.2 Å². The molecular weight excluding hydrogens is 429 g/mol. The number of nitrogens with zero attached hydrogens (tertiary/aromatic N) is 2. The van der Waals surface area contributed by atoms with Gasteiger partial charge >= 0.3 is 12.1 Å². The normalized spacial score (nSPS) is 12.4. The Morgan fingerprint density at radius 3 is 2.66 bits per heavy atom. The first-order valence-corrected chi connectivity index (χ1v) is 9.59. The number of amides is 1. The number of thiazole rings is 1. The van der Waals surface area contributed by atoms with Crippen LogP contribution in [0.4, 0.5) is 13.2 Å². The van der Waals surface area contributed by atoms with Crippen LogP contribution in [0, 0.1) is 0 Å². The van der Waals surface area contributed by atoms with Gasteiger partial charge in [-0.25, -0.2) is 0 Å². The minimum absolute atomic E-state index is 0.151. The molecule has 0 saturated heterocycles. The number of carbonyl (C=O) groups is 2. The first-order chi connectivity index (χ1) is 13.7. The maximum absolute atomic E-state index is 12.9. The Hall–Kier alpha value is -2.65. The van der Waals surface area contributed by atoms with Crippen LogP contribution in [-0.4, -0.2) is 23.1 Å². The summed E-state index contributed by atoms with van der Waals surface area (Å²) in [4.78, 5) is 28.6. The smallest absolute Gasteiger partial charge is 0.416 e. The van der Waals surface area contributed by atoms with Crippen molar-refractivity contribution in [2.75, 3.05) is 6.61 Å². The van der Waals surface area contributed by atoms with Crippen LogP contribution < -0.4 is 4.80 Å². The van der Waals surface area contributed by atoms with Gasteiger partial charge in [0, 0.05) is 10.6 Å². The van der Waals surface area contributed by atoms with E-state index in [1.165, 1.54) is 10.6 Å². The third-order valence-corrected chi connectivity index (χ3v) is 5.15. The third kappa shape index (κ3) is 4.86. The van der Waals surface area contributed by atoms with Gasteiger partial charge in [0.05, 0.1) is 22.4 Å². The quantitative estimate of drug-likeness (QED) is 0.551. The zero-order chi connectivity index (χ0) is 21.2. The fraction of sp³-hybridized carbons (Fsp3) is 0.211. The van der Waals surface area contributed by atoms with Crippen LogP contribution in [0.15, 0.2) is 47.5 Å². The fourth-order valence-electron chi connectivity index (χ4n) is 2.60. The fourth-order valence-corrected chi connectivity index (χ4v) is 3.90. The van der Waals surface area contributed by atoms with Crippen molar-refractivity contribution in [3.63, 3.8) is 0 Å². The van der Waals surface area contributed by atoms with E-state index in [4.69, 9.17) is 16.3 Å². The van der Waals surface area contributed by atoms with E-state index in [-0.39, 0.29) is 23.5 Å². The molecule has 0 saturated carbocycles. The number of hydrogen-bond donors (Lipinski definition) is 0. The van der Waals surface area contributed by atoms with Crippen molar-refractivity contribution >= 4 is 45.0 Å². The molecule has 0 fully saturated rings. The maximum atomic E-state index is 12.9. The summed E-state index contributed by atoms with van der Waals surface area (Å²) in [6.07, 6.45) is -4.57. The monoisotopic (exact) mass is 442 g/mol. The number of rotatable bonds is 4. The molecular formula is C19H14ClF3N2O3S. The summed E-state index contributed by atoms with van der Waals surface area (Å²) in [5.41, 5.74) is -0.554. The molecule has 2 aromatic carbocycles. The average molecular weight is 443 g/mol. The lowest BCUT2D eigenvalue weighted by molar-refractivity contribution is -0.143. The number of benzene rings is 2. The molecule has 0 bridgehead atoms. The van der Waals surface area contributed by atoms with E-state index in [9.17, 15) is 22.8 Å². The van der Waals surface area contributed by atoms with Crippen molar-refractivity contribution < 1.29 is 27.5 Å². The third-order valence-electron chi connectivity index (χ3n) is 3.87. The predicted molar refractivity (Wildman–Crippen MR) is 103 cm³/mol. The summed E-state index contributed by atoms with van der Waals surface area (Å²) in [5, 5.41) is 0.456. The van der Waals surface area contributed by atoms with Crippen LogP contribution in [0.3, 0.4) is 0 Å². The first kappa shape index (κ1) is 21.1. The molecule has 29 heavy (non-hydrogen) atoms. The van der Waals surface area contributed by atoms with Gasteiger partial charge in [-0.05, 0) is 43.3 Å². The largest absolute Gasteiger partial charge is 0.465 e. The SMILES string of the molecule is CCOC(=O)Cn1c(=NC(=O)c2cccc(C(F)(F)F)c2)sc2cc(Cl)ccc21. The molecule has 0 spiro atoms. The average Bonchev–Trinajstić information content (AvgIpc) is 2.97. The Kier molecular flexibility index (Phi) is 6.09. The Morgan fingerprint density at radius 2 is 1.97 bits per heavy atom. The molecule has 0 N–H and O–H groups in total. The number of hydrogen-bond acceptors (Lipinski definition) is 4. The van der Waals surface area contributed by atoms with Crippen molar-refractivity contribution in [1.29, 1.82) is 0 Å². The van der Waals surface area contributed by atoms with E-state index < -0.39 is 23.6 Å². The lowest BCUT2D eigenvalue weighted by Crippen LogP contribution is -2.23. The highest BCUT2D eigenvalue weighted by Gasteiger charge is 2.30. The van der Waals surface area contributed by atoms with Crippen molar-refractivity contribution in [1.82, 2.24) is 4.57 Å². The van der Waals surface area contributed by atoms with Crippen molar-refractivity contribution in [2.24, 2.45) is 4.99 Å². The number of esters is 1. The minimum Gasteiger partial charge on any atom is -0.465 e. The molecule has 3 aromatic rings. The summed E-state index contributed by atoms with van der Waals surface area (Å²) >= 11 is 7.09. The molecule has 0 aliphatic heterocycles. The van der Waals surface area contributed by atoms with Crippen LogP contribution >= 0.6 is 22.9 Å². The summed E-state index contributed by atoms with van der Waals surface area (Å²) in [5.74, 6) is -1.39. The van der Waals surface area contributed by atoms with E-state index in [1.54, 1.807) is 25.1 Å². The molecule has 0 atom stereocenters. The minimum atomic E-state index is -4.57. The molecule has 1 heterocycles. The van der Waals surface area contributed by atoms with Crippen LogP contribution in [0.1, 0.15) is 22.8 Å². The summed E-state index contributed by atoms with van der Waals surface area (Å²) in [6, 6.07) is 8.95. The van der Waals surface area contributed by atoms with Gasteiger partial charge in [0.2, 0.25) is 0 Å². The maximum Gasteiger partial charge on any atom is 0.416 e. The van der Waals surface area contributed by atoms with E-state index in [0.717, 1.165) is 29.5 Å². The molecule has 5 nitrogen and oxygen atoms in total. The van der Waals surface area contributed by atoms with E-state index >= 15 is 0 Å². The van der Waals surface area contributed by atoms with Crippen LogP contribution in [-0.2, 0) is 22.3 Å². The molecule has 10 heteroatoms. The molecule has 3 rings (SSSR count). The first-order valence-electron chi connectivity index (χ1n) is 8.40. The molecule has 0 aliphatic carbocycles. The number of carbonyl (C=O) groups excluding carboxylic acids is 2. The van der Waals surface area contributed by atoms with Gasteiger partial charge in [0.25, 0.3) is 5.91 Å². The topological polar surface area (TPSA) is 60.7 Å². The Bertz CT molecular complexity index is 1150. The highest BCUT2D eigenvalue weighted by Crippen LogP contribution is 2.29. The number of ether oxygens (including phenoxy) is 1. The molecule has 1 amide bonds. The number of halogens is 4. The van der Waals surface area contributed by atoms with Gasteiger partial charge in [0.15, 0.2) is 4.80 Å². The van der Waals surface area contributed by atoms with E-state index in [2.05, 4.69) is 4.99 Å². The Labute approximate surface area is 172 Å². The number of aromatic nitrogens is 1. The second-order valence-corrected chi connectivity index (χ2v) is 7.33. The second kappa shape index (κ2) is 8.38. The zero-order valence-corrected chi connectivity index (χ0v) is 16.6. The summed E-state index contributed by atoms with van der Waals surface area (Å²) in [7, 11) is 0. The van der Waals surface area contributed by atoms with Crippen LogP contribution in [0.2, 0.25) is 5.02 Å². The molecule has 1 aromatic heterocycles. The molecule has 0 aliphatic rings. The molecule has 152 valence electrons. The van der Waals surface area contributed by atoms with Gasteiger partial charge in [0.1, 0.15) is 6.54 Å². The highest BCUT2D eigenvalue weighted by molar-refractivity contribution is 7.16. The van der Waals surface area contributed by atoms with E-state index in [1.807, 2.05) is 0 Å². The van der Waals surface area contributed by atoms with Gasteiger partial charge in [-0.3, -0.25) is 9.59 Å². The standard InChI is InChI=1S/C19H14ClF3N2O3S/c1-2-28-16(26)10-25-14-7-6-13(20)9-15(14)29-18(25)24-17(27)11-4-3-5-12(8-11)19(21,22)23/h3-9H,2,10H2,1H3. The van der Waals surface area contributed by atoms with Crippen LogP contribution in [0.25, 0.3) is 10.2 Å². The Balaban J connectivity index is 2.09. The summed E-state index contributed by atoms with van der Waals surface area (Å²) < 4.78 is 45.8. The molecule has 0 unspecified atom stereocenters. The predicted octanol–water partition coefficient (Wildman–Crippen LogP) is 4.68. The van der Waals surface area contributed by atoms with Gasteiger partial charge in [-0.1, -0.05) is 29.0 Å². The van der Waals surface area contributed by atoms with Crippen molar-refractivity contribution in [3.05, 3.63) is 63.4 Å². The van der Waals surface area contributed by atoms with Crippen molar-refractivity contribution in [3.8, 4) is 0 Å². The summed E-state index contributed by atoms with van der Waals surface area (Å²) in [6.45, 7) is 1.64. The van der Waals surface area contributed by atoms with Gasteiger partial charge < -0.3 is 9.30 Å². The van der Waals surface area contributed by atoms with Crippen LogP contribution in [0.5, 0.6) is 0 Å². The number of fused-ring (bicyclic) bond motifs is 1. The number of alkyl halides is 3. The second-order valence-electron chi connectivity index (χ2n) is 5.88. The van der Waals surface area contributed by atoms with Crippen molar-refractivity contribution in [2.45, 2.75) is 19.6 Å². The van der Waals surface area contributed by atoms with E-state index in [0.29, 0.717) is 15.2 Å². The highest BCUT2D eigenvalue weighted by atomic mass is 35.5. The lowest BCUT2D eigenvalue weighted by Gasteiger charge is -2.07. The Morgan fingerprint density at radius 1 is 1.21 bits per heavy atom. The van der Waals surface area contributed by atoms with Gasteiger partial charge in [-0.15, -0.1) is 0 Å².